The van der Waals surface area contributed by atoms with Crippen LogP contribution in [0, 0.1) is 5.82 Å². The summed E-state index contributed by atoms with van der Waals surface area (Å²) in [6, 6.07) is 4.35. The summed E-state index contributed by atoms with van der Waals surface area (Å²) in [7, 11) is 1.41. The first-order valence-corrected chi connectivity index (χ1v) is 6.90. The number of methoxy groups -OCH3 is 1. The molecule has 20 heavy (non-hydrogen) atoms. The van der Waals surface area contributed by atoms with Crippen LogP contribution in [0.3, 0.4) is 0 Å². The Balaban J connectivity index is 1.65. The predicted octanol–water partition coefficient (Wildman–Crippen LogP) is 1.88. The van der Waals surface area contributed by atoms with E-state index >= 15 is 0 Å². The van der Waals surface area contributed by atoms with Gasteiger partial charge >= 0.3 is 0 Å². The van der Waals surface area contributed by atoms with E-state index in [-0.39, 0.29) is 23.7 Å². The van der Waals surface area contributed by atoms with E-state index in [9.17, 15) is 9.18 Å². The molecular formula is C15H18FNO3. The smallest absolute Gasteiger partial charge is 0.176 e. The number of Topliss-reactive ketones (excluding diaryl/α,β-unsaturated/α-hetero) is 1. The standard InChI is InChI=1S/C15H18FNO3/c1-19-15-5-2-10(6-13(15)16)14(18)9-17-7-11-3-4-12(8-17)20-11/h2,5-6,11-12H,3-4,7-9H2,1H3. The van der Waals surface area contributed by atoms with Crippen LogP contribution in [-0.4, -0.2) is 49.6 Å². The molecule has 0 amide bonds. The van der Waals surface area contributed by atoms with Gasteiger partial charge in [0.15, 0.2) is 17.3 Å². The third-order valence-corrected chi connectivity index (χ3v) is 3.96. The molecule has 3 rings (SSSR count). The maximum Gasteiger partial charge on any atom is 0.176 e. The number of hydrogen-bond donors (Lipinski definition) is 0. The van der Waals surface area contributed by atoms with Crippen molar-refractivity contribution in [3.8, 4) is 5.75 Å². The van der Waals surface area contributed by atoms with Crippen molar-refractivity contribution in [1.29, 1.82) is 0 Å². The van der Waals surface area contributed by atoms with Crippen molar-refractivity contribution < 1.29 is 18.7 Å². The molecule has 2 unspecified atom stereocenters. The molecular weight excluding hydrogens is 261 g/mol. The Labute approximate surface area is 117 Å². The molecule has 1 aromatic rings. The number of carbonyl (C=O) groups excluding carboxylic acids is 1. The molecule has 2 aliphatic heterocycles. The van der Waals surface area contributed by atoms with E-state index in [0.717, 1.165) is 25.9 Å². The molecule has 2 aliphatic rings. The highest BCUT2D eigenvalue weighted by Gasteiger charge is 2.34. The number of benzene rings is 1. The Morgan fingerprint density at radius 2 is 2.10 bits per heavy atom. The van der Waals surface area contributed by atoms with Gasteiger partial charge in [0.25, 0.3) is 0 Å². The second-order valence-electron chi connectivity index (χ2n) is 5.42. The fourth-order valence-electron chi connectivity index (χ4n) is 2.96. The lowest BCUT2D eigenvalue weighted by atomic mass is 10.1. The number of hydrogen-bond acceptors (Lipinski definition) is 4. The molecule has 5 heteroatoms. The fourth-order valence-corrected chi connectivity index (χ4v) is 2.96. The summed E-state index contributed by atoms with van der Waals surface area (Å²) >= 11 is 0. The lowest BCUT2D eigenvalue weighted by Crippen LogP contribution is -2.44. The summed E-state index contributed by atoms with van der Waals surface area (Å²) in [4.78, 5) is 14.3. The van der Waals surface area contributed by atoms with Crippen molar-refractivity contribution in [3.05, 3.63) is 29.6 Å². The fraction of sp³-hybridized carbons (Fsp3) is 0.533. The summed E-state index contributed by atoms with van der Waals surface area (Å²) in [5.74, 6) is -0.404. The van der Waals surface area contributed by atoms with Crippen molar-refractivity contribution in [2.24, 2.45) is 0 Å². The van der Waals surface area contributed by atoms with Gasteiger partial charge in [0.2, 0.25) is 0 Å². The largest absolute Gasteiger partial charge is 0.494 e. The molecule has 0 aromatic heterocycles. The molecule has 0 saturated carbocycles. The molecule has 108 valence electrons. The average Bonchev–Trinajstić information content (AvgIpc) is 2.77. The number of ketones is 1. The zero-order valence-corrected chi connectivity index (χ0v) is 11.5. The Kier molecular flexibility index (Phi) is 3.72. The van der Waals surface area contributed by atoms with Gasteiger partial charge in [0.1, 0.15) is 0 Å². The minimum atomic E-state index is -0.500. The molecule has 4 nitrogen and oxygen atoms in total. The second kappa shape index (κ2) is 5.50. The van der Waals surface area contributed by atoms with Gasteiger partial charge in [-0.25, -0.2) is 4.39 Å². The first-order chi connectivity index (χ1) is 9.65. The Hall–Kier alpha value is -1.46. The van der Waals surface area contributed by atoms with Gasteiger partial charge in [0, 0.05) is 18.7 Å². The van der Waals surface area contributed by atoms with Gasteiger partial charge in [-0.15, -0.1) is 0 Å². The van der Waals surface area contributed by atoms with Crippen LogP contribution in [0.25, 0.3) is 0 Å². The van der Waals surface area contributed by atoms with Gasteiger partial charge in [-0.3, -0.25) is 9.69 Å². The van der Waals surface area contributed by atoms with Crippen LogP contribution in [0.5, 0.6) is 5.75 Å². The topological polar surface area (TPSA) is 38.8 Å². The van der Waals surface area contributed by atoms with Crippen LogP contribution in [0.2, 0.25) is 0 Å². The summed E-state index contributed by atoms with van der Waals surface area (Å²) < 4.78 is 24.2. The molecule has 2 heterocycles. The zero-order valence-electron chi connectivity index (χ0n) is 11.5. The molecule has 0 N–H and O–H groups in total. The van der Waals surface area contributed by atoms with E-state index in [1.54, 1.807) is 6.07 Å². The third-order valence-electron chi connectivity index (χ3n) is 3.96. The van der Waals surface area contributed by atoms with Gasteiger partial charge < -0.3 is 9.47 Å². The van der Waals surface area contributed by atoms with Crippen LogP contribution in [0.4, 0.5) is 4.39 Å². The van der Waals surface area contributed by atoms with Crippen LogP contribution >= 0.6 is 0 Å². The lowest BCUT2D eigenvalue weighted by molar-refractivity contribution is -0.0355. The number of ether oxygens (including phenoxy) is 2. The van der Waals surface area contributed by atoms with Crippen molar-refractivity contribution >= 4 is 5.78 Å². The number of fused-ring (bicyclic) bond motifs is 2. The summed E-state index contributed by atoms with van der Waals surface area (Å²) in [6.45, 7) is 1.91. The maximum atomic E-state index is 13.6. The quantitative estimate of drug-likeness (QED) is 0.789. The van der Waals surface area contributed by atoms with Gasteiger partial charge in [0.05, 0.1) is 25.9 Å². The van der Waals surface area contributed by atoms with E-state index in [4.69, 9.17) is 9.47 Å². The van der Waals surface area contributed by atoms with E-state index in [2.05, 4.69) is 4.90 Å². The lowest BCUT2D eigenvalue weighted by Gasteiger charge is -2.31. The number of morpholine rings is 1. The Morgan fingerprint density at radius 3 is 2.70 bits per heavy atom. The molecule has 2 saturated heterocycles. The van der Waals surface area contributed by atoms with Crippen molar-refractivity contribution in [3.63, 3.8) is 0 Å². The number of carbonyl (C=O) groups is 1. The number of likely N-dealkylation sites (tertiary alicyclic amines) is 1. The normalized spacial score (nSPS) is 25.7. The minimum absolute atomic E-state index is 0.0622. The number of rotatable bonds is 4. The Morgan fingerprint density at radius 1 is 1.40 bits per heavy atom. The molecule has 0 aliphatic carbocycles. The summed E-state index contributed by atoms with van der Waals surface area (Å²) in [5.41, 5.74) is 0.391. The molecule has 1 aromatic carbocycles. The highest BCUT2D eigenvalue weighted by molar-refractivity contribution is 5.97. The van der Waals surface area contributed by atoms with Gasteiger partial charge in [-0.1, -0.05) is 0 Å². The van der Waals surface area contributed by atoms with E-state index in [1.165, 1.54) is 19.2 Å². The Bertz CT molecular complexity index is 508. The monoisotopic (exact) mass is 279 g/mol. The van der Waals surface area contributed by atoms with Crippen molar-refractivity contribution in [2.75, 3.05) is 26.7 Å². The van der Waals surface area contributed by atoms with E-state index in [0.29, 0.717) is 12.1 Å². The highest BCUT2D eigenvalue weighted by Crippen LogP contribution is 2.26. The molecule has 0 spiro atoms. The SMILES string of the molecule is COc1ccc(C(=O)CN2CC3CCC(C2)O3)cc1F. The van der Waals surface area contributed by atoms with Crippen LogP contribution < -0.4 is 4.74 Å². The van der Waals surface area contributed by atoms with Crippen LogP contribution in [0.1, 0.15) is 23.2 Å². The first-order valence-electron chi connectivity index (χ1n) is 6.90. The molecule has 2 fully saturated rings. The maximum absolute atomic E-state index is 13.6. The van der Waals surface area contributed by atoms with Crippen LogP contribution in [0.15, 0.2) is 18.2 Å². The number of halogens is 1. The summed E-state index contributed by atoms with van der Waals surface area (Å²) in [5, 5.41) is 0. The third kappa shape index (κ3) is 2.69. The van der Waals surface area contributed by atoms with Crippen molar-refractivity contribution in [1.82, 2.24) is 4.90 Å². The first kappa shape index (κ1) is 13.5. The highest BCUT2D eigenvalue weighted by atomic mass is 19.1. The predicted molar refractivity (Wildman–Crippen MR) is 71.6 cm³/mol. The molecule has 2 bridgehead atoms. The second-order valence-corrected chi connectivity index (χ2v) is 5.42. The molecule has 0 radical (unpaired) electrons. The van der Waals surface area contributed by atoms with Gasteiger partial charge in [-0.2, -0.15) is 0 Å². The van der Waals surface area contributed by atoms with Gasteiger partial charge in [-0.05, 0) is 31.0 Å². The van der Waals surface area contributed by atoms with E-state index in [1.807, 2.05) is 0 Å². The van der Waals surface area contributed by atoms with E-state index < -0.39 is 5.82 Å². The van der Waals surface area contributed by atoms with Crippen molar-refractivity contribution in [2.45, 2.75) is 25.0 Å². The average molecular weight is 279 g/mol. The zero-order chi connectivity index (χ0) is 14.1. The minimum Gasteiger partial charge on any atom is -0.494 e. The number of nitrogens with zero attached hydrogens (tertiary/aromatic N) is 1. The summed E-state index contributed by atoms with van der Waals surface area (Å²) in [6.07, 6.45) is 2.67. The molecule has 2 atom stereocenters. The van der Waals surface area contributed by atoms with Crippen LogP contribution in [-0.2, 0) is 4.74 Å².